The fourth-order valence-electron chi connectivity index (χ4n) is 3.16. The van der Waals surface area contributed by atoms with Crippen LogP contribution in [0.15, 0.2) is 33.7 Å². The van der Waals surface area contributed by atoms with E-state index in [9.17, 15) is 5.11 Å². The normalized spacial score (nSPS) is 23.5. The van der Waals surface area contributed by atoms with Crippen molar-refractivity contribution in [3.05, 3.63) is 28.7 Å². The summed E-state index contributed by atoms with van der Waals surface area (Å²) in [6.45, 7) is 2.59. The second-order valence-corrected chi connectivity index (χ2v) is 7.47. The van der Waals surface area contributed by atoms with Gasteiger partial charge in [-0.2, -0.15) is 0 Å². The molecule has 1 atom stereocenters. The molecule has 1 aliphatic heterocycles. The van der Waals surface area contributed by atoms with Crippen LogP contribution < -0.4 is 15.5 Å². The summed E-state index contributed by atoms with van der Waals surface area (Å²) in [7, 11) is 1.78. The summed E-state index contributed by atoms with van der Waals surface area (Å²) in [5, 5.41) is 16.9. The van der Waals surface area contributed by atoms with Crippen LogP contribution in [-0.2, 0) is 0 Å². The average Bonchev–Trinajstić information content (AvgIpc) is 2.98. The summed E-state index contributed by atoms with van der Waals surface area (Å²) in [6.07, 6.45) is 3.98. The summed E-state index contributed by atoms with van der Waals surface area (Å²) in [6, 6.07) is 8.82. The topological polar surface area (TPSA) is 59.9 Å². The van der Waals surface area contributed by atoms with E-state index in [0.29, 0.717) is 12.6 Å². The van der Waals surface area contributed by atoms with Gasteiger partial charge in [0.05, 0.1) is 5.60 Å². The highest BCUT2D eigenvalue weighted by atomic mass is 79.9. The molecule has 1 unspecified atom stereocenters. The van der Waals surface area contributed by atoms with Crippen molar-refractivity contribution in [2.45, 2.75) is 37.3 Å². The van der Waals surface area contributed by atoms with E-state index in [0.717, 1.165) is 49.2 Å². The summed E-state index contributed by atoms with van der Waals surface area (Å²) in [5.74, 6) is 0.785. The Hall–Kier alpha value is -1.27. The van der Waals surface area contributed by atoms with Crippen LogP contribution in [0.4, 0.5) is 5.69 Å². The van der Waals surface area contributed by atoms with Crippen molar-refractivity contribution in [2.75, 3.05) is 31.6 Å². The summed E-state index contributed by atoms with van der Waals surface area (Å²) < 4.78 is 1.11. The smallest absolute Gasteiger partial charge is 0.191 e. The van der Waals surface area contributed by atoms with Gasteiger partial charge in [0.25, 0.3) is 0 Å². The Bertz CT molecular complexity index is 556. The van der Waals surface area contributed by atoms with Crippen molar-refractivity contribution < 1.29 is 5.11 Å². The average molecular weight is 381 g/mol. The van der Waals surface area contributed by atoms with Gasteiger partial charge in [-0.05, 0) is 49.9 Å². The zero-order valence-corrected chi connectivity index (χ0v) is 15.1. The third kappa shape index (κ3) is 4.18. The first-order valence-corrected chi connectivity index (χ1v) is 9.07. The zero-order valence-electron chi connectivity index (χ0n) is 13.6. The molecule has 23 heavy (non-hydrogen) atoms. The number of nitrogens with one attached hydrogen (secondary N) is 2. The first-order chi connectivity index (χ1) is 11.1. The van der Waals surface area contributed by atoms with E-state index in [1.807, 2.05) is 0 Å². The maximum Gasteiger partial charge on any atom is 0.191 e. The Kier molecular flexibility index (Phi) is 5.11. The number of hydrogen-bond acceptors (Lipinski definition) is 3. The molecule has 1 aromatic carbocycles. The predicted octanol–water partition coefficient (Wildman–Crippen LogP) is 2.11. The molecule has 1 aromatic rings. The van der Waals surface area contributed by atoms with E-state index in [2.05, 4.69) is 60.7 Å². The molecule has 3 rings (SSSR count). The van der Waals surface area contributed by atoms with Gasteiger partial charge in [-0.15, -0.1) is 0 Å². The van der Waals surface area contributed by atoms with Crippen molar-refractivity contribution in [3.63, 3.8) is 0 Å². The molecule has 6 heteroatoms. The Labute approximate surface area is 146 Å². The highest BCUT2D eigenvalue weighted by molar-refractivity contribution is 9.10. The molecule has 0 bridgehead atoms. The first kappa shape index (κ1) is 16.6. The number of aliphatic imine (C=N–C) groups is 1. The molecule has 5 nitrogen and oxygen atoms in total. The van der Waals surface area contributed by atoms with Crippen LogP contribution in [0.2, 0.25) is 0 Å². The molecule has 126 valence electrons. The lowest BCUT2D eigenvalue weighted by atomic mass is 9.80. The van der Waals surface area contributed by atoms with E-state index in [1.54, 1.807) is 7.05 Å². The van der Waals surface area contributed by atoms with Gasteiger partial charge >= 0.3 is 0 Å². The molecule has 1 saturated heterocycles. The molecule has 0 aromatic heterocycles. The highest BCUT2D eigenvalue weighted by Gasteiger charge is 2.34. The molecule has 3 N–H and O–H groups in total. The summed E-state index contributed by atoms with van der Waals surface area (Å²) >= 11 is 3.48. The second kappa shape index (κ2) is 7.09. The van der Waals surface area contributed by atoms with Crippen LogP contribution >= 0.6 is 15.9 Å². The van der Waals surface area contributed by atoms with E-state index >= 15 is 0 Å². The summed E-state index contributed by atoms with van der Waals surface area (Å²) in [5.41, 5.74) is 0.723. The molecule has 1 aliphatic carbocycles. The predicted molar refractivity (Wildman–Crippen MR) is 98.1 cm³/mol. The number of halogens is 1. The number of hydrogen-bond donors (Lipinski definition) is 3. The van der Waals surface area contributed by atoms with Crippen molar-refractivity contribution in [2.24, 2.45) is 4.99 Å². The van der Waals surface area contributed by atoms with Crippen LogP contribution in [0.5, 0.6) is 0 Å². The van der Waals surface area contributed by atoms with Gasteiger partial charge in [0.1, 0.15) is 0 Å². The number of benzene rings is 1. The standard InChI is InChI=1S/C17H25BrN4O/c1-19-16(20-12-17(23)8-2-9-17)21-14-7-10-22(11-14)15-5-3-13(18)4-6-15/h3-6,14,23H,2,7-12H2,1H3,(H2,19,20,21). The largest absolute Gasteiger partial charge is 0.388 e. The molecule has 2 fully saturated rings. The minimum absolute atomic E-state index is 0.376. The number of nitrogens with zero attached hydrogens (tertiary/aromatic N) is 2. The van der Waals surface area contributed by atoms with Crippen LogP contribution in [-0.4, -0.2) is 49.4 Å². The highest BCUT2D eigenvalue weighted by Crippen LogP contribution is 2.30. The number of rotatable bonds is 4. The van der Waals surface area contributed by atoms with Crippen molar-refractivity contribution in [3.8, 4) is 0 Å². The van der Waals surface area contributed by atoms with Crippen LogP contribution in [0.25, 0.3) is 0 Å². The van der Waals surface area contributed by atoms with Crippen molar-refractivity contribution >= 4 is 27.6 Å². The van der Waals surface area contributed by atoms with Gasteiger partial charge in [0, 0.05) is 42.9 Å². The van der Waals surface area contributed by atoms with Gasteiger partial charge in [-0.3, -0.25) is 4.99 Å². The quantitative estimate of drug-likeness (QED) is 0.552. The minimum Gasteiger partial charge on any atom is -0.388 e. The van der Waals surface area contributed by atoms with Gasteiger partial charge in [0.2, 0.25) is 0 Å². The maximum atomic E-state index is 10.2. The fraction of sp³-hybridized carbons (Fsp3) is 0.588. The van der Waals surface area contributed by atoms with Crippen LogP contribution in [0, 0.1) is 0 Å². The van der Waals surface area contributed by atoms with E-state index in [1.165, 1.54) is 5.69 Å². The Balaban J connectivity index is 1.49. The van der Waals surface area contributed by atoms with Crippen molar-refractivity contribution in [1.29, 1.82) is 0 Å². The molecular weight excluding hydrogens is 356 g/mol. The molecule has 1 saturated carbocycles. The number of aliphatic hydroxyl groups is 1. The lowest BCUT2D eigenvalue weighted by Gasteiger charge is -2.37. The van der Waals surface area contributed by atoms with E-state index in [-0.39, 0.29) is 0 Å². The SMILES string of the molecule is CN=C(NCC1(O)CCC1)NC1CCN(c2ccc(Br)cc2)C1. The first-order valence-electron chi connectivity index (χ1n) is 8.28. The molecule has 0 amide bonds. The van der Waals surface area contributed by atoms with E-state index in [4.69, 9.17) is 0 Å². The Morgan fingerprint density at radius 1 is 1.39 bits per heavy atom. The zero-order chi connectivity index (χ0) is 16.3. The Morgan fingerprint density at radius 3 is 2.74 bits per heavy atom. The van der Waals surface area contributed by atoms with Gasteiger partial charge in [-0.25, -0.2) is 0 Å². The van der Waals surface area contributed by atoms with E-state index < -0.39 is 5.60 Å². The lowest BCUT2D eigenvalue weighted by Crippen LogP contribution is -2.52. The van der Waals surface area contributed by atoms with Crippen molar-refractivity contribution in [1.82, 2.24) is 10.6 Å². The molecular formula is C17H25BrN4O. The third-order valence-corrected chi connectivity index (χ3v) is 5.34. The summed E-state index contributed by atoms with van der Waals surface area (Å²) in [4.78, 5) is 6.67. The van der Waals surface area contributed by atoms with Gasteiger partial charge in [-0.1, -0.05) is 15.9 Å². The molecule has 2 aliphatic rings. The van der Waals surface area contributed by atoms with Gasteiger partial charge in [0.15, 0.2) is 5.96 Å². The lowest BCUT2D eigenvalue weighted by molar-refractivity contribution is -0.0279. The maximum absolute atomic E-state index is 10.2. The molecule has 0 radical (unpaired) electrons. The van der Waals surface area contributed by atoms with Gasteiger partial charge < -0.3 is 20.6 Å². The third-order valence-electron chi connectivity index (χ3n) is 4.81. The number of anilines is 1. The fourth-order valence-corrected chi connectivity index (χ4v) is 3.43. The molecule has 0 spiro atoms. The number of guanidine groups is 1. The molecule has 1 heterocycles. The van der Waals surface area contributed by atoms with Crippen LogP contribution in [0.3, 0.4) is 0 Å². The minimum atomic E-state index is -0.531. The second-order valence-electron chi connectivity index (χ2n) is 6.56. The monoisotopic (exact) mass is 380 g/mol. The Morgan fingerprint density at radius 2 is 2.13 bits per heavy atom. The van der Waals surface area contributed by atoms with Crippen LogP contribution in [0.1, 0.15) is 25.7 Å².